The zero-order valence-corrected chi connectivity index (χ0v) is 9.86. The standard InChI is InChI=1S/C12H18ClN/c1-9(2)11-5-4-10(3)12(6-11)7-14-8-13/h4-6,9,14H,7-8H2,1-3H3. The number of nitrogens with one attached hydrogen (secondary N) is 1. The van der Waals surface area contributed by atoms with E-state index in [9.17, 15) is 0 Å². The predicted molar refractivity (Wildman–Crippen MR) is 62.8 cm³/mol. The number of rotatable bonds is 4. The zero-order valence-electron chi connectivity index (χ0n) is 9.10. The lowest BCUT2D eigenvalue weighted by Crippen LogP contribution is -2.11. The Balaban J connectivity index is 2.85. The second-order valence-electron chi connectivity index (χ2n) is 3.90. The lowest BCUT2D eigenvalue weighted by atomic mass is 9.98. The first-order valence-electron chi connectivity index (χ1n) is 5.01. The number of aryl methyl sites for hydroxylation is 1. The summed E-state index contributed by atoms with van der Waals surface area (Å²) in [5, 5.41) is 3.14. The number of hydrogen-bond acceptors (Lipinski definition) is 1. The fourth-order valence-electron chi connectivity index (χ4n) is 1.42. The minimum atomic E-state index is 0.505. The molecule has 0 fully saturated rings. The first kappa shape index (κ1) is 11.5. The van der Waals surface area contributed by atoms with Crippen LogP contribution in [0.4, 0.5) is 0 Å². The Hall–Kier alpha value is -0.530. The van der Waals surface area contributed by atoms with Crippen molar-refractivity contribution in [3.05, 3.63) is 34.9 Å². The largest absolute Gasteiger partial charge is 0.300 e. The zero-order chi connectivity index (χ0) is 10.6. The van der Waals surface area contributed by atoms with Gasteiger partial charge in [0.25, 0.3) is 0 Å². The fourth-order valence-corrected chi connectivity index (χ4v) is 1.52. The van der Waals surface area contributed by atoms with Gasteiger partial charge in [-0.15, -0.1) is 11.6 Å². The Morgan fingerprint density at radius 2 is 2.07 bits per heavy atom. The maximum Gasteiger partial charge on any atom is 0.0716 e. The second kappa shape index (κ2) is 5.38. The van der Waals surface area contributed by atoms with Crippen LogP contribution in [0.5, 0.6) is 0 Å². The van der Waals surface area contributed by atoms with Crippen molar-refractivity contribution in [1.82, 2.24) is 5.32 Å². The average Bonchev–Trinajstić information content (AvgIpc) is 2.16. The number of benzene rings is 1. The van der Waals surface area contributed by atoms with Crippen LogP contribution >= 0.6 is 11.6 Å². The van der Waals surface area contributed by atoms with E-state index in [0.717, 1.165) is 6.54 Å². The van der Waals surface area contributed by atoms with Crippen molar-refractivity contribution in [3.8, 4) is 0 Å². The molecule has 0 aliphatic carbocycles. The molecule has 0 saturated carbocycles. The highest BCUT2D eigenvalue weighted by Crippen LogP contribution is 2.18. The third-order valence-electron chi connectivity index (χ3n) is 2.45. The van der Waals surface area contributed by atoms with Crippen molar-refractivity contribution >= 4 is 11.6 Å². The summed E-state index contributed by atoms with van der Waals surface area (Å²) in [6, 6.07) is 7.15. The van der Waals surface area contributed by atoms with Gasteiger partial charge in [0.1, 0.15) is 0 Å². The van der Waals surface area contributed by atoms with Gasteiger partial charge in [0.05, 0.1) is 6.00 Å². The summed E-state index contributed by atoms with van der Waals surface area (Å²) in [6.45, 7) is 7.41. The van der Waals surface area contributed by atoms with Crippen LogP contribution in [0.1, 0.15) is 36.5 Å². The highest BCUT2D eigenvalue weighted by Gasteiger charge is 2.02. The topological polar surface area (TPSA) is 12.0 Å². The average molecular weight is 212 g/mol. The maximum absolute atomic E-state index is 5.59. The summed E-state index contributed by atoms with van der Waals surface area (Å²) < 4.78 is 0. The molecule has 1 aromatic rings. The molecule has 0 aliphatic heterocycles. The Bertz CT molecular complexity index is 294. The molecule has 1 aromatic carbocycles. The molecule has 0 aliphatic rings. The highest BCUT2D eigenvalue weighted by atomic mass is 35.5. The Kier molecular flexibility index (Phi) is 4.43. The molecule has 2 heteroatoms. The van der Waals surface area contributed by atoms with Crippen LogP contribution in [0.3, 0.4) is 0 Å². The molecule has 1 rings (SSSR count). The van der Waals surface area contributed by atoms with Crippen molar-refractivity contribution in [1.29, 1.82) is 0 Å². The van der Waals surface area contributed by atoms with E-state index in [1.54, 1.807) is 0 Å². The monoisotopic (exact) mass is 211 g/mol. The van der Waals surface area contributed by atoms with E-state index in [1.807, 2.05) is 0 Å². The van der Waals surface area contributed by atoms with E-state index in [-0.39, 0.29) is 0 Å². The van der Waals surface area contributed by atoms with Gasteiger partial charge < -0.3 is 0 Å². The van der Waals surface area contributed by atoms with Gasteiger partial charge in [-0.1, -0.05) is 32.0 Å². The molecule has 0 aromatic heterocycles. The summed E-state index contributed by atoms with van der Waals surface area (Å²) >= 11 is 5.59. The quantitative estimate of drug-likeness (QED) is 0.595. The van der Waals surface area contributed by atoms with Crippen LogP contribution in [-0.2, 0) is 6.54 Å². The molecule has 0 atom stereocenters. The van der Waals surface area contributed by atoms with Gasteiger partial charge in [-0.05, 0) is 29.5 Å². The number of halogens is 1. The summed E-state index contributed by atoms with van der Waals surface area (Å²) in [6.07, 6.45) is 0. The molecular weight excluding hydrogens is 194 g/mol. The van der Waals surface area contributed by atoms with Gasteiger partial charge in [-0.3, -0.25) is 5.32 Å². The smallest absolute Gasteiger partial charge is 0.0716 e. The highest BCUT2D eigenvalue weighted by molar-refractivity contribution is 6.17. The van der Waals surface area contributed by atoms with Crippen molar-refractivity contribution in [2.75, 3.05) is 6.00 Å². The number of hydrogen-bond donors (Lipinski definition) is 1. The lowest BCUT2D eigenvalue weighted by Gasteiger charge is -2.11. The van der Waals surface area contributed by atoms with Gasteiger partial charge in [0, 0.05) is 6.54 Å². The minimum absolute atomic E-state index is 0.505. The van der Waals surface area contributed by atoms with Gasteiger partial charge in [0.15, 0.2) is 0 Å². The SMILES string of the molecule is Cc1ccc(C(C)C)cc1CNCCl. The van der Waals surface area contributed by atoms with Gasteiger partial charge in [0.2, 0.25) is 0 Å². The minimum Gasteiger partial charge on any atom is -0.300 e. The van der Waals surface area contributed by atoms with Crippen LogP contribution in [0.15, 0.2) is 18.2 Å². The molecule has 0 amide bonds. The van der Waals surface area contributed by atoms with Crippen LogP contribution in [0, 0.1) is 6.92 Å². The van der Waals surface area contributed by atoms with E-state index in [1.165, 1.54) is 16.7 Å². The number of alkyl halides is 1. The molecule has 0 spiro atoms. The molecule has 0 saturated heterocycles. The summed E-state index contributed by atoms with van der Waals surface area (Å²) in [4.78, 5) is 0. The molecule has 1 nitrogen and oxygen atoms in total. The van der Waals surface area contributed by atoms with Crippen molar-refractivity contribution in [3.63, 3.8) is 0 Å². The first-order chi connectivity index (χ1) is 6.65. The molecule has 1 N–H and O–H groups in total. The summed E-state index contributed by atoms with van der Waals surface area (Å²) in [5.41, 5.74) is 4.06. The van der Waals surface area contributed by atoms with Crippen molar-refractivity contribution < 1.29 is 0 Å². The summed E-state index contributed by atoms with van der Waals surface area (Å²) in [7, 11) is 0. The van der Waals surface area contributed by atoms with E-state index in [2.05, 4.69) is 44.3 Å². The Morgan fingerprint density at radius 1 is 1.36 bits per heavy atom. The van der Waals surface area contributed by atoms with E-state index in [4.69, 9.17) is 11.6 Å². The molecule has 0 unspecified atom stereocenters. The molecule has 0 heterocycles. The van der Waals surface area contributed by atoms with Gasteiger partial charge in [-0.2, -0.15) is 0 Å². The van der Waals surface area contributed by atoms with Crippen molar-refractivity contribution in [2.24, 2.45) is 0 Å². The van der Waals surface area contributed by atoms with E-state index in [0.29, 0.717) is 11.9 Å². The lowest BCUT2D eigenvalue weighted by molar-refractivity contribution is 0.779. The summed E-state index contributed by atoms with van der Waals surface area (Å²) in [5.74, 6) is 0.588. The Labute approximate surface area is 91.5 Å². The van der Waals surface area contributed by atoms with Crippen LogP contribution in [0.25, 0.3) is 0 Å². The maximum atomic E-state index is 5.59. The van der Waals surface area contributed by atoms with E-state index < -0.39 is 0 Å². The molecule has 0 radical (unpaired) electrons. The molecular formula is C12H18ClN. The second-order valence-corrected chi connectivity index (χ2v) is 4.17. The third kappa shape index (κ3) is 3.00. The molecule has 0 bridgehead atoms. The Morgan fingerprint density at radius 3 is 2.64 bits per heavy atom. The molecule has 78 valence electrons. The van der Waals surface area contributed by atoms with Crippen molar-refractivity contribution in [2.45, 2.75) is 33.2 Å². The first-order valence-corrected chi connectivity index (χ1v) is 5.54. The van der Waals surface area contributed by atoms with E-state index >= 15 is 0 Å². The normalized spacial score (nSPS) is 10.9. The third-order valence-corrected chi connectivity index (χ3v) is 2.64. The van der Waals surface area contributed by atoms with Crippen LogP contribution in [0.2, 0.25) is 0 Å². The van der Waals surface area contributed by atoms with Gasteiger partial charge >= 0.3 is 0 Å². The van der Waals surface area contributed by atoms with Crippen LogP contribution in [-0.4, -0.2) is 6.00 Å². The van der Waals surface area contributed by atoms with Gasteiger partial charge in [-0.25, -0.2) is 0 Å². The fraction of sp³-hybridized carbons (Fsp3) is 0.500. The predicted octanol–water partition coefficient (Wildman–Crippen LogP) is 3.40. The van der Waals surface area contributed by atoms with Crippen LogP contribution < -0.4 is 5.32 Å². The molecule has 14 heavy (non-hydrogen) atoms.